The zero-order chi connectivity index (χ0) is 15.3. The van der Waals surface area contributed by atoms with E-state index in [9.17, 15) is 8.42 Å². The van der Waals surface area contributed by atoms with Crippen molar-refractivity contribution in [2.45, 2.75) is 37.4 Å². The van der Waals surface area contributed by atoms with Crippen molar-refractivity contribution in [3.05, 3.63) is 42.2 Å². The van der Waals surface area contributed by atoms with E-state index in [2.05, 4.69) is 6.58 Å². The first-order valence-electron chi connectivity index (χ1n) is 6.89. The molecule has 6 heteroatoms. The molecule has 1 aromatic carbocycles. The Hall–Kier alpha value is -1.37. The third kappa shape index (κ3) is 4.84. The summed E-state index contributed by atoms with van der Waals surface area (Å²) in [6.45, 7) is 6.00. The lowest BCUT2D eigenvalue weighted by molar-refractivity contribution is -0.141. The predicted octanol–water partition coefficient (Wildman–Crippen LogP) is 2.76. The van der Waals surface area contributed by atoms with Crippen LogP contribution in [-0.2, 0) is 23.8 Å². The number of benzene rings is 1. The Kier molecular flexibility index (Phi) is 5.39. The van der Waals surface area contributed by atoms with Gasteiger partial charge in [-0.3, -0.25) is 4.18 Å². The second-order valence-electron chi connectivity index (χ2n) is 4.98. The summed E-state index contributed by atoms with van der Waals surface area (Å²) in [7, 11) is -3.79. The fourth-order valence-corrected chi connectivity index (χ4v) is 2.83. The normalized spacial score (nSPS) is 19.2. The van der Waals surface area contributed by atoms with E-state index in [1.807, 2.05) is 6.92 Å². The van der Waals surface area contributed by atoms with Crippen molar-refractivity contribution in [2.75, 3.05) is 13.2 Å². The molecule has 1 fully saturated rings. The molecule has 1 aliphatic rings. The second kappa shape index (κ2) is 7.06. The molecule has 1 atom stereocenters. The van der Waals surface area contributed by atoms with Crippen LogP contribution in [0.5, 0.6) is 0 Å². The lowest BCUT2D eigenvalue weighted by atomic mass is 10.2. The quantitative estimate of drug-likeness (QED) is 0.597. The van der Waals surface area contributed by atoms with E-state index in [-0.39, 0.29) is 23.6 Å². The van der Waals surface area contributed by atoms with Crippen LogP contribution >= 0.6 is 0 Å². The van der Waals surface area contributed by atoms with Crippen LogP contribution in [0.4, 0.5) is 0 Å². The van der Waals surface area contributed by atoms with E-state index in [0.717, 1.165) is 24.8 Å². The molecule has 0 amide bonds. The molecule has 0 aliphatic carbocycles. The Morgan fingerprint density at radius 2 is 2.05 bits per heavy atom. The Balaban J connectivity index is 1.86. The highest BCUT2D eigenvalue weighted by atomic mass is 32.2. The maximum Gasteiger partial charge on any atom is 0.297 e. The van der Waals surface area contributed by atoms with Crippen molar-refractivity contribution >= 4 is 10.1 Å². The lowest BCUT2D eigenvalue weighted by Gasteiger charge is -2.24. The maximum absolute atomic E-state index is 12.0. The Bertz CT molecular complexity index is 571. The molecule has 0 aromatic heterocycles. The van der Waals surface area contributed by atoms with Crippen molar-refractivity contribution in [2.24, 2.45) is 0 Å². The number of hydrogen-bond acceptors (Lipinski definition) is 5. The summed E-state index contributed by atoms with van der Waals surface area (Å²) in [4.78, 5) is 0.120. The van der Waals surface area contributed by atoms with Gasteiger partial charge in [0.25, 0.3) is 10.1 Å². The fourth-order valence-electron chi connectivity index (χ4n) is 1.94. The molecule has 1 aliphatic heterocycles. The minimum atomic E-state index is -3.79. The molecule has 0 bridgehead atoms. The van der Waals surface area contributed by atoms with E-state index < -0.39 is 10.1 Å². The van der Waals surface area contributed by atoms with E-state index in [4.69, 9.17) is 13.7 Å². The molecule has 1 aromatic rings. The molecule has 1 saturated heterocycles. The first kappa shape index (κ1) is 16.0. The SMILES string of the molecule is C=C(COS(=O)(=O)c1ccc(C)cc1)OC1CCCCO1. The highest BCUT2D eigenvalue weighted by Crippen LogP contribution is 2.18. The summed E-state index contributed by atoms with van der Waals surface area (Å²) in [6.07, 6.45) is 2.48. The van der Waals surface area contributed by atoms with Crippen LogP contribution in [0, 0.1) is 6.92 Å². The van der Waals surface area contributed by atoms with Gasteiger partial charge in [-0.05, 0) is 31.9 Å². The molecular weight excluding hydrogens is 292 g/mol. The topological polar surface area (TPSA) is 61.8 Å². The van der Waals surface area contributed by atoms with Gasteiger partial charge < -0.3 is 9.47 Å². The molecule has 5 nitrogen and oxygen atoms in total. The van der Waals surface area contributed by atoms with Crippen LogP contribution < -0.4 is 0 Å². The van der Waals surface area contributed by atoms with E-state index in [0.29, 0.717) is 6.61 Å². The number of ether oxygens (including phenoxy) is 2. The van der Waals surface area contributed by atoms with Gasteiger partial charge in [0.05, 0.1) is 11.5 Å². The van der Waals surface area contributed by atoms with Gasteiger partial charge in [-0.25, -0.2) is 0 Å². The maximum atomic E-state index is 12.0. The zero-order valence-electron chi connectivity index (χ0n) is 12.1. The average Bonchev–Trinajstić information content (AvgIpc) is 2.47. The lowest BCUT2D eigenvalue weighted by Crippen LogP contribution is -2.23. The van der Waals surface area contributed by atoms with Crippen LogP contribution in [0.2, 0.25) is 0 Å². The highest BCUT2D eigenvalue weighted by molar-refractivity contribution is 7.86. The van der Waals surface area contributed by atoms with Crippen LogP contribution in [0.3, 0.4) is 0 Å². The van der Waals surface area contributed by atoms with E-state index in [1.54, 1.807) is 12.1 Å². The largest absolute Gasteiger partial charge is 0.467 e. The van der Waals surface area contributed by atoms with Crippen LogP contribution in [-0.4, -0.2) is 27.9 Å². The number of hydrogen-bond donors (Lipinski definition) is 0. The average molecular weight is 312 g/mol. The monoisotopic (exact) mass is 312 g/mol. The molecule has 0 saturated carbocycles. The van der Waals surface area contributed by atoms with Gasteiger partial charge in [-0.15, -0.1) is 0 Å². The fraction of sp³-hybridized carbons (Fsp3) is 0.467. The van der Waals surface area contributed by atoms with Gasteiger partial charge in [0.2, 0.25) is 0 Å². The van der Waals surface area contributed by atoms with Gasteiger partial charge in [-0.1, -0.05) is 24.3 Å². The van der Waals surface area contributed by atoms with Crippen LogP contribution in [0.1, 0.15) is 24.8 Å². The third-order valence-electron chi connectivity index (χ3n) is 3.12. The van der Waals surface area contributed by atoms with Crippen LogP contribution in [0.25, 0.3) is 0 Å². The van der Waals surface area contributed by atoms with Crippen molar-refractivity contribution < 1.29 is 22.1 Å². The van der Waals surface area contributed by atoms with Crippen molar-refractivity contribution in [3.63, 3.8) is 0 Å². The summed E-state index contributed by atoms with van der Waals surface area (Å²) in [6, 6.07) is 6.46. The molecule has 1 unspecified atom stereocenters. The summed E-state index contributed by atoms with van der Waals surface area (Å²) in [5.74, 6) is 0.248. The van der Waals surface area contributed by atoms with Crippen LogP contribution in [0.15, 0.2) is 41.5 Å². The van der Waals surface area contributed by atoms with Gasteiger partial charge in [0.15, 0.2) is 6.29 Å². The van der Waals surface area contributed by atoms with Crippen molar-refractivity contribution in [1.82, 2.24) is 0 Å². The first-order chi connectivity index (χ1) is 9.97. The zero-order valence-corrected chi connectivity index (χ0v) is 12.9. The Labute approximate surface area is 125 Å². The highest BCUT2D eigenvalue weighted by Gasteiger charge is 2.19. The molecule has 0 N–H and O–H groups in total. The molecule has 21 heavy (non-hydrogen) atoms. The third-order valence-corrected chi connectivity index (χ3v) is 4.40. The van der Waals surface area contributed by atoms with E-state index >= 15 is 0 Å². The minimum Gasteiger partial charge on any atom is -0.467 e. The summed E-state index contributed by atoms with van der Waals surface area (Å²) in [5, 5.41) is 0. The smallest absolute Gasteiger partial charge is 0.297 e. The van der Waals surface area contributed by atoms with Crippen molar-refractivity contribution in [3.8, 4) is 0 Å². The predicted molar refractivity (Wildman–Crippen MR) is 78.1 cm³/mol. The molecule has 2 rings (SSSR count). The van der Waals surface area contributed by atoms with Gasteiger partial charge in [0.1, 0.15) is 12.4 Å². The summed E-state index contributed by atoms with van der Waals surface area (Å²) in [5.41, 5.74) is 0.983. The summed E-state index contributed by atoms with van der Waals surface area (Å²) >= 11 is 0. The van der Waals surface area contributed by atoms with Gasteiger partial charge in [-0.2, -0.15) is 8.42 Å². The van der Waals surface area contributed by atoms with Crippen molar-refractivity contribution in [1.29, 1.82) is 0 Å². The van der Waals surface area contributed by atoms with E-state index in [1.165, 1.54) is 12.1 Å². The first-order valence-corrected chi connectivity index (χ1v) is 8.30. The number of rotatable bonds is 6. The summed E-state index contributed by atoms with van der Waals surface area (Å²) < 4.78 is 39.8. The Morgan fingerprint density at radius 3 is 2.67 bits per heavy atom. The molecule has 0 radical (unpaired) electrons. The molecular formula is C15H20O5S. The second-order valence-corrected chi connectivity index (χ2v) is 6.60. The molecule has 0 spiro atoms. The van der Waals surface area contributed by atoms with Gasteiger partial charge in [0, 0.05) is 6.42 Å². The number of aryl methyl sites for hydroxylation is 1. The molecule has 116 valence electrons. The van der Waals surface area contributed by atoms with Gasteiger partial charge >= 0.3 is 0 Å². The minimum absolute atomic E-state index is 0.120. The molecule has 1 heterocycles. The Morgan fingerprint density at radius 1 is 1.33 bits per heavy atom. The standard InChI is InChI=1S/C15H20O5S/c1-12-6-8-14(9-7-12)21(16,17)19-11-13(2)20-15-5-3-4-10-18-15/h6-9,15H,2-5,10-11H2,1H3.